The molecule has 0 saturated heterocycles. The van der Waals surface area contributed by atoms with Gasteiger partial charge >= 0.3 is 6.03 Å². The van der Waals surface area contributed by atoms with E-state index in [9.17, 15) is 18.0 Å². The van der Waals surface area contributed by atoms with E-state index in [0.29, 0.717) is 22.7 Å². The normalized spacial score (nSPS) is 13.1. The fourth-order valence-corrected chi connectivity index (χ4v) is 5.16. The Labute approximate surface area is 214 Å². The molecule has 1 aliphatic heterocycles. The fourth-order valence-electron chi connectivity index (χ4n) is 3.75. The molecule has 3 aromatic rings. The lowest BCUT2D eigenvalue weighted by Crippen LogP contribution is -2.52. The predicted octanol–water partition coefficient (Wildman–Crippen LogP) is 3.64. The van der Waals surface area contributed by atoms with E-state index in [1.807, 2.05) is 35.1 Å². The SMILES string of the molecule is Cc1c(Cl)cccc1S(=O)(=O)NC(=O)NC(Cc1ccccc1)C(=O)N(C)c1ccc2c(c1)OCO2. The van der Waals surface area contributed by atoms with Gasteiger partial charge in [-0.2, -0.15) is 0 Å². The van der Waals surface area contributed by atoms with Crippen molar-refractivity contribution in [2.45, 2.75) is 24.3 Å². The molecule has 11 heteroatoms. The van der Waals surface area contributed by atoms with Crippen LogP contribution in [0.1, 0.15) is 11.1 Å². The zero-order valence-corrected chi connectivity index (χ0v) is 21.1. The molecule has 4 rings (SSSR count). The summed E-state index contributed by atoms with van der Waals surface area (Å²) in [6.45, 7) is 1.63. The minimum atomic E-state index is -4.24. The van der Waals surface area contributed by atoms with Crippen molar-refractivity contribution in [1.29, 1.82) is 0 Å². The van der Waals surface area contributed by atoms with Crippen molar-refractivity contribution >= 4 is 39.2 Å². The standard InChI is InChI=1S/C25H24ClN3O6S/c1-16-19(26)9-6-10-23(16)36(32,33)28-25(31)27-20(13-17-7-4-3-5-8-17)24(30)29(2)18-11-12-21-22(14-18)35-15-34-21/h3-12,14,20H,13,15H2,1-2H3,(H2,27,28,31). The van der Waals surface area contributed by atoms with Gasteiger partial charge in [0.15, 0.2) is 11.5 Å². The molecule has 3 aromatic carbocycles. The number of sulfonamides is 1. The highest BCUT2D eigenvalue weighted by atomic mass is 35.5. The van der Waals surface area contributed by atoms with E-state index in [0.717, 1.165) is 5.56 Å². The molecule has 1 heterocycles. The Morgan fingerprint density at radius 3 is 2.50 bits per heavy atom. The first-order valence-electron chi connectivity index (χ1n) is 11.0. The molecule has 0 radical (unpaired) electrons. The van der Waals surface area contributed by atoms with Gasteiger partial charge in [-0.05, 0) is 42.3 Å². The summed E-state index contributed by atoms with van der Waals surface area (Å²) in [6.07, 6.45) is 0.137. The highest BCUT2D eigenvalue weighted by Gasteiger charge is 2.29. The van der Waals surface area contributed by atoms with Gasteiger partial charge in [-0.3, -0.25) is 4.79 Å². The van der Waals surface area contributed by atoms with E-state index in [1.54, 1.807) is 31.3 Å². The van der Waals surface area contributed by atoms with Crippen molar-refractivity contribution in [1.82, 2.24) is 10.0 Å². The second kappa shape index (κ2) is 10.5. The average Bonchev–Trinajstić information content (AvgIpc) is 3.32. The number of halogens is 1. The maximum absolute atomic E-state index is 13.5. The molecule has 1 aliphatic rings. The third-order valence-electron chi connectivity index (χ3n) is 5.69. The minimum absolute atomic E-state index is 0.0926. The summed E-state index contributed by atoms with van der Waals surface area (Å²) in [5.74, 6) is 0.615. The second-order valence-electron chi connectivity index (χ2n) is 8.12. The van der Waals surface area contributed by atoms with Gasteiger partial charge < -0.3 is 19.7 Å². The number of likely N-dealkylation sites (N-methyl/N-ethyl adjacent to an activating group) is 1. The highest BCUT2D eigenvalue weighted by molar-refractivity contribution is 7.90. The molecular formula is C25H24ClN3O6S. The van der Waals surface area contributed by atoms with Crippen LogP contribution < -0.4 is 24.4 Å². The molecular weight excluding hydrogens is 506 g/mol. The highest BCUT2D eigenvalue weighted by Crippen LogP contribution is 2.35. The molecule has 1 unspecified atom stereocenters. The lowest BCUT2D eigenvalue weighted by Gasteiger charge is -2.25. The molecule has 0 fully saturated rings. The van der Waals surface area contributed by atoms with Crippen LogP contribution in [0.5, 0.6) is 11.5 Å². The van der Waals surface area contributed by atoms with Gasteiger partial charge in [-0.25, -0.2) is 17.9 Å². The summed E-state index contributed by atoms with van der Waals surface area (Å²) in [5.41, 5.74) is 1.61. The van der Waals surface area contributed by atoms with Gasteiger partial charge in [0.25, 0.3) is 10.0 Å². The fraction of sp³-hybridized carbons (Fsp3) is 0.200. The third-order valence-corrected chi connectivity index (χ3v) is 7.58. The van der Waals surface area contributed by atoms with E-state index in [2.05, 4.69) is 5.32 Å². The molecule has 3 amide bonds. The van der Waals surface area contributed by atoms with Gasteiger partial charge in [0.2, 0.25) is 12.7 Å². The largest absolute Gasteiger partial charge is 0.454 e. The van der Waals surface area contributed by atoms with Gasteiger partial charge in [-0.15, -0.1) is 0 Å². The Kier molecular flexibility index (Phi) is 7.37. The summed E-state index contributed by atoms with van der Waals surface area (Å²) in [4.78, 5) is 27.5. The summed E-state index contributed by atoms with van der Waals surface area (Å²) in [7, 11) is -2.68. The van der Waals surface area contributed by atoms with Crippen LogP contribution in [0, 0.1) is 6.92 Å². The smallest absolute Gasteiger partial charge is 0.329 e. The first-order chi connectivity index (χ1) is 17.2. The molecule has 1 atom stereocenters. The number of fused-ring (bicyclic) bond motifs is 1. The van der Waals surface area contributed by atoms with Gasteiger partial charge in [0, 0.05) is 30.2 Å². The predicted molar refractivity (Wildman–Crippen MR) is 135 cm³/mol. The number of rotatable bonds is 7. The maximum Gasteiger partial charge on any atom is 0.329 e. The van der Waals surface area contributed by atoms with Crippen molar-refractivity contribution < 1.29 is 27.5 Å². The number of nitrogens with zero attached hydrogens (tertiary/aromatic N) is 1. The van der Waals surface area contributed by atoms with Gasteiger partial charge in [0.1, 0.15) is 6.04 Å². The van der Waals surface area contributed by atoms with Crippen LogP contribution >= 0.6 is 11.6 Å². The lowest BCUT2D eigenvalue weighted by molar-refractivity contribution is -0.120. The quantitative estimate of drug-likeness (QED) is 0.483. The molecule has 2 N–H and O–H groups in total. The number of carbonyl (C=O) groups is 2. The number of hydrogen-bond donors (Lipinski definition) is 2. The zero-order chi connectivity index (χ0) is 25.9. The average molecular weight is 530 g/mol. The molecule has 188 valence electrons. The van der Waals surface area contributed by atoms with Crippen LogP contribution in [0.2, 0.25) is 5.02 Å². The van der Waals surface area contributed by atoms with E-state index < -0.39 is 28.0 Å². The third kappa shape index (κ3) is 5.55. The first-order valence-corrected chi connectivity index (χ1v) is 12.8. The number of nitrogens with one attached hydrogen (secondary N) is 2. The topological polar surface area (TPSA) is 114 Å². The van der Waals surface area contributed by atoms with Crippen LogP contribution in [0.4, 0.5) is 10.5 Å². The molecule has 0 aromatic heterocycles. The van der Waals surface area contributed by atoms with E-state index in [1.165, 1.54) is 24.0 Å². The number of benzene rings is 3. The monoisotopic (exact) mass is 529 g/mol. The Morgan fingerprint density at radius 2 is 1.75 bits per heavy atom. The van der Waals surface area contributed by atoms with Crippen LogP contribution in [0.25, 0.3) is 0 Å². The van der Waals surface area contributed by atoms with Crippen molar-refractivity contribution in [3.63, 3.8) is 0 Å². The number of anilines is 1. The molecule has 0 bridgehead atoms. The molecule has 0 aliphatic carbocycles. The van der Waals surface area contributed by atoms with Crippen molar-refractivity contribution in [3.05, 3.63) is 82.9 Å². The number of urea groups is 1. The van der Waals surface area contributed by atoms with E-state index in [4.69, 9.17) is 21.1 Å². The van der Waals surface area contributed by atoms with Crippen LogP contribution in [-0.4, -0.2) is 40.2 Å². The Bertz CT molecular complexity index is 1400. The number of ether oxygens (including phenoxy) is 2. The van der Waals surface area contributed by atoms with Crippen molar-refractivity contribution in [2.24, 2.45) is 0 Å². The molecule has 0 saturated carbocycles. The minimum Gasteiger partial charge on any atom is -0.454 e. The Hall–Kier alpha value is -3.76. The molecule has 0 spiro atoms. The lowest BCUT2D eigenvalue weighted by atomic mass is 10.0. The summed E-state index contributed by atoms with van der Waals surface area (Å²) in [5, 5.41) is 2.77. The number of hydrogen-bond acceptors (Lipinski definition) is 6. The number of amides is 3. The second-order valence-corrected chi connectivity index (χ2v) is 10.2. The summed E-state index contributed by atoms with van der Waals surface area (Å²) >= 11 is 6.04. The number of carbonyl (C=O) groups excluding carboxylic acids is 2. The maximum atomic E-state index is 13.5. The van der Waals surface area contributed by atoms with Gasteiger partial charge in [-0.1, -0.05) is 48.0 Å². The van der Waals surface area contributed by atoms with E-state index >= 15 is 0 Å². The molecule has 36 heavy (non-hydrogen) atoms. The first kappa shape index (κ1) is 25.3. The summed E-state index contributed by atoms with van der Waals surface area (Å²) in [6, 6.07) is 16.4. The summed E-state index contributed by atoms with van der Waals surface area (Å²) < 4.78 is 38.4. The van der Waals surface area contributed by atoms with Crippen LogP contribution in [-0.2, 0) is 21.2 Å². The van der Waals surface area contributed by atoms with E-state index in [-0.39, 0.29) is 23.1 Å². The Balaban J connectivity index is 1.55. The van der Waals surface area contributed by atoms with Crippen LogP contribution in [0.3, 0.4) is 0 Å². The van der Waals surface area contributed by atoms with Crippen LogP contribution in [0.15, 0.2) is 71.6 Å². The van der Waals surface area contributed by atoms with Gasteiger partial charge in [0.05, 0.1) is 4.90 Å². The van der Waals surface area contributed by atoms with Crippen molar-refractivity contribution in [2.75, 3.05) is 18.7 Å². The Morgan fingerprint density at radius 1 is 1.03 bits per heavy atom. The molecule has 9 nitrogen and oxygen atoms in total. The zero-order valence-electron chi connectivity index (χ0n) is 19.5. The van der Waals surface area contributed by atoms with Crippen molar-refractivity contribution in [3.8, 4) is 11.5 Å².